The average Bonchev–Trinajstić information content (AvgIpc) is 3.79. The van der Waals surface area contributed by atoms with Crippen molar-refractivity contribution in [1.29, 1.82) is 0 Å². The summed E-state index contributed by atoms with van der Waals surface area (Å²) in [5.41, 5.74) is 11.0. The Labute approximate surface area is 411 Å². The number of carbonyl (C=O) groups is 10. The van der Waals surface area contributed by atoms with Crippen molar-refractivity contribution < 1.29 is 53.1 Å². The molecule has 0 unspecified atom stereocenters. The Hall–Kier alpha value is -6.33. The maximum absolute atomic E-state index is 14.1. The summed E-state index contributed by atoms with van der Waals surface area (Å²) in [6, 6.07) is -8.42. The van der Waals surface area contributed by atoms with Crippen LogP contribution in [0.25, 0.3) is 0 Å². The number of nitrogens with one attached hydrogen (secondary N) is 8. The van der Waals surface area contributed by atoms with Crippen molar-refractivity contribution in [2.75, 3.05) is 39.8 Å². The molecule has 0 spiro atoms. The highest BCUT2D eigenvalue weighted by Crippen LogP contribution is 2.20. The zero-order chi connectivity index (χ0) is 53.2. The molecule has 1 fully saturated rings. The Morgan fingerprint density at radius 1 is 0.771 bits per heavy atom. The second-order valence-electron chi connectivity index (χ2n) is 18.0. The van der Waals surface area contributed by atoms with Gasteiger partial charge in [0.05, 0.1) is 19.2 Å². The first kappa shape index (κ1) is 61.7. The van der Waals surface area contributed by atoms with E-state index in [1.807, 2.05) is 6.92 Å². The van der Waals surface area contributed by atoms with Gasteiger partial charge in [0.1, 0.15) is 42.3 Å². The number of nitrogens with two attached hydrogens (primary N) is 2. The number of likely N-dealkylation sites (N-methyl/N-ethyl adjacent to an activating group) is 2. The summed E-state index contributed by atoms with van der Waals surface area (Å²) in [5.74, 6) is -7.29. The SMILES string of the molecule is C=CC[C@H](NC(=O)CNC(=O)CN(C)C(C)=O)C(=O)N[C@H](CC(C)C)C(=O)N[C@H](C(=O)N[C@@H](CCC)C(=O)N[C@H](C(=O)N[C@@H](CCCN=C(N)N)C(=O)N1CCC[C@H]1C(=O)NCC)[C@@H](C)CC)[C@@H](C)O. The predicted octanol–water partition coefficient (Wildman–Crippen LogP) is -2.48. The van der Waals surface area contributed by atoms with Gasteiger partial charge in [0.2, 0.25) is 59.1 Å². The van der Waals surface area contributed by atoms with Gasteiger partial charge in [-0.2, -0.15) is 0 Å². The standard InChI is InChI=1S/C46H81N13O11/c1-11-17-30(52-35(62)24-51-36(63)25-58(10)29(9)61)39(64)55-33(23-26(5)6)41(66)57-38(28(8)60)44(69)53-31(18-12-2)40(65)56-37(27(7)13-3)43(68)54-32(19-15-21-50-46(47)48)45(70)59-22-16-20-34(59)42(67)49-14-4/h11,26-28,30-34,37-38,60H,1,12-25H2,2-10H3,(H,49,67)(H,51,63)(H,52,62)(H,53,69)(H,54,68)(H,55,64)(H,56,65)(H,57,66)(H4,47,48,50)/t27-,28+,30-,31-,32-,33+,34-,37-,38-/m0/s1. The smallest absolute Gasteiger partial charge is 0.245 e. The van der Waals surface area contributed by atoms with E-state index in [-0.39, 0.29) is 62.5 Å². The number of aliphatic imine (C=N–C) groups is 1. The molecule has 1 aliphatic heterocycles. The number of carbonyl (C=O) groups excluding carboxylic acids is 10. The maximum atomic E-state index is 14.1. The fraction of sp³-hybridized carbons (Fsp3) is 0.717. The van der Waals surface area contributed by atoms with E-state index in [0.717, 1.165) is 4.90 Å². The second kappa shape index (κ2) is 31.7. The third-order valence-electron chi connectivity index (χ3n) is 11.6. The Morgan fingerprint density at radius 3 is 1.91 bits per heavy atom. The van der Waals surface area contributed by atoms with Gasteiger partial charge >= 0.3 is 0 Å². The van der Waals surface area contributed by atoms with Crippen LogP contribution in [0.3, 0.4) is 0 Å². The molecule has 9 atom stereocenters. The van der Waals surface area contributed by atoms with Crippen LogP contribution < -0.4 is 54.0 Å². The van der Waals surface area contributed by atoms with Gasteiger partial charge in [-0.1, -0.05) is 53.5 Å². The molecule has 0 aromatic heterocycles. The number of likely N-dealkylation sites (tertiary alicyclic amines) is 1. The number of amides is 10. The van der Waals surface area contributed by atoms with Gasteiger partial charge in [-0.25, -0.2) is 0 Å². The van der Waals surface area contributed by atoms with E-state index in [9.17, 15) is 53.1 Å². The summed E-state index contributed by atoms with van der Waals surface area (Å²) in [6.45, 7) is 16.8. The minimum Gasteiger partial charge on any atom is -0.391 e. The van der Waals surface area contributed by atoms with Gasteiger partial charge in [0.15, 0.2) is 5.96 Å². The number of guanidine groups is 1. The first-order valence-corrected chi connectivity index (χ1v) is 24.1. The summed E-state index contributed by atoms with van der Waals surface area (Å²) in [6.07, 6.45) is 2.18. The molecule has 1 heterocycles. The molecule has 0 aromatic rings. The molecule has 24 heteroatoms. The Bertz CT molecular complexity index is 1840. The van der Waals surface area contributed by atoms with Crippen LogP contribution in [0, 0.1) is 11.8 Å². The number of rotatable bonds is 31. The highest BCUT2D eigenvalue weighted by atomic mass is 16.3. The third kappa shape index (κ3) is 21.5. The first-order valence-electron chi connectivity index (χ1n) is 24.1. The van der Waals surface area contributed by atoms with E-state index in [0.29, 0.717) is 45.2 Å². The van der Waals surface area contributed by atoms with Crippen LogP contribution >= 0.6 is 0 Å². The lowest BCUT2D eigenvalue weighted by Crippen LogP contribution is -2.62. The average molecular weight is 992 g/mol. The molecule has 1 rings (SSSR count). The summed E-state index contributed by atoms with van der Waals surface area (Å²) in [7, 11) is 1.41. The van der Waals surface area contributed by atoms with Crippen LogP contribution in [0.4, 0.5) is 0 Å². The van der Waals surface area contributed by atoms with Crippen LogP contribution in [-0.4, -0.2) is 168 Å². The van der Waals surface area contributed by atoms with Gasteiger partial charge in [-0.3, -0.25) is 52.9 Å². The summed E-state index contributed by atoms with van der Waals surface area (Å²) in [5, 5.41) is 31.6. The van der Waals surface area contributed by atoms with Crippen molar-refractivity contribution in [3.63, 3.8) is 0 Å². The van der Waals surface area contributed by atoms with Crippen molar-refractivity contribution in [3.05, 3.63) is 12.7 Å². The number of hydrogen-bond acceptors (Lipinski definition) is 12. The first-order chi connectivity index (χ1) is 32.9. The molecule has 0 aromatic carbocycles. The molecule has 24 nitrogen and oxygen atoms in total. The van der Waals surface area contributed by atoms with Crippen LogP contribution in [0.5, 0.6) is 0 Å². The topological polar surface area (TPSA) is 358 Å². The highest BCUT2D eigenvalue weighted by Gasteiger charge is 2.40. The Balaban J connectivity index is 3.29. The lowest BCUT2D eigenvalue weighted by molar-refractivity contribution is -0.142. The van der Waals surface area contributed by atoms with Crippen LogP contribution in [0.1, 0.15) is 113 Å². The number of aliphatic hydroxyl groups excluding tert-OH is 1. The zero-order valence-corrected chi connectivity index (χ0v) is 42.5. The summed E-state index contributed by atoms with van der Waals surface area (Å²) in [4.78, 5) is 139. The lowest BCUT2D eigenvalue weighted by atomic mass is 9.96. The molecule has 70 heavy (non-hydrogen) atoms. The van der Waals surface area contributed by atoms with Crippen LogP contribution in [0.15, 0.2) is 17.6 Å². The van der Waals surface area contributed by atoms with E-state index in [1.54, 1.807) is 34.6 Å². The number of aliphatic hydroxyl groups is 1. The molecule has 0 saturated carbocycles. The zero-order valence-electron chi connectivity index (χ0n) is 42.5. The van der Waals surface area contributed by atoms with Crippen LogP contribution in [0.2, 0.25) is 0 Å². The fourth-order valence-corrected chi connectivity index (χ4v) is 7.43. The molecule has 1 saturated heterocycles. The lowest BCUT2D eigenvalue weighted by Gasteiger charge is -2.31. The maximum Gasteiger partial charge on any atom is 0.245 e. The van der Waals surface area contributed by atoms with Gasteiger partial charge in [0, 0.05) is 33.6 Å². The minimum atomic E-state index is -1.63. The van der Waals surface area contributed by atoms with Crippen molar-refractivity contribution >= 4 is 65.0 Å². The largest absolute Gasteiger partial charge is 0.391 e. The highest BCUT2D eigenvalue weighted by molar-refractivity contribution is 5.98. The van der Waals surface area contributed by atoms with Gasteiger partial charge in [0.25, 0.3) is 0 Å². The van der Waals surface area contributed by atoms with E-state index in [4.69, 9.17) is 11.5 Å². The monoisotopic (exact) mass is 992 g/mol. The van der Waals surface area contributed by atoms with E-state index in [1.165, 1.54) is 31.9 Å². The minimum absolute atomic E-state index is 0.0641. The second-order valence-corrected chi connectivity index (χ2v) is 18.0. The summed E-state index contributed by atoms with van der Waals surface area (Å²) >= 11 is 0. The van der Waals surface area contributed by atoms with Gasteiger partial charge in [-0.15, -0.1) is 6.58 Å². The molecule has 13 N–H and O–H groups in total. The molecule has 10 amide bonds. The molecular formula is C46H81N13O11. The van der Waals surface area contributed by atoms with Crippen molar-refractivity contribution in [1.82, 2.24) is 52.3 Å². The molecule has 0 radical (unpaired) electrons. The van der Waals surface area contributed by atoms with Gasteiger partial charge in [-0.05, 0) is 70.6 Å². The molecule has 396 valence electrons. The number of nitrogens with zero attached hydrogens (tertiary/aromatic N) is 3. The normalized spacial score (nSPS) is 16.6. The Morgan fingerprint density at radius 2 is 1.36 bits per heavy atom. The van der Waals surface area contributed by atoms with Gasteiger partial charge < -0.3 is 68.9 Å². The van der Waals surface area contributed by atoms with E-state index >= 15 is 0 Å². The molecule has 0 bridgehead atoms. The molecule has 0 aliphatic carbocycles. The number of hydrogen-bond donors (Lipinski definition) is 11. The third-order valence-corrected chi connectivity index (χ3v) is 11.6. The molecule has 1 aliphatic rings. The van der Waals surface area contributed by atoms with E-state index < -0.39 is 108 Å². The van der Waals surface area contributed by atoms with Crippen molar-refractivity contribution in [2.45, 2.75) is 162 Å². The van der Waals surface area contributed by atoms with Crippen molar-refractivity contribution in [3.8, 4) is 0 Å². The summed E-state index contributed by atoms with van der Waals surface area (Å²) < 4.78 is 0. The quantitative estimate of drug-likeness (QED) is 0.0149. The molecular weight excluding hydrogens is 911 g/mol. The fourth-order valence-electron chi connectivity index (χ4n) is 7.43. The van der Waals surface area contributed by atoms with E-state index in [2.05, 4.69) is 54.1 Å². The van der Waals surface area contributed by atoms with Crippen LogP contribution in [-0.2, 0) is 47.9 Å². The van der Waals surface area contributed by atoms with Crippen molar-refractivity contribution in [2.24, 2.45) is 28.3 Å². The predicted molar refractivity (Wildman–Crippen MR) is 262 cm³/mol. The Kier molecular flexibility index (Phi) is 28.0.